The molecule has 2 aromatic rings. The molecule has 2 fully saturated rings. The molecule has 46 heavy (non-hydrogen) atoms. The molecule has 4 rings (SSSR count). The summed E-state index contributed by atoms with van der Waals surface area (Å²) in [6, 6.07) is 13.2. The molecule has 4 N–H and O–H groups in total. The highest BCUT2D eigenvalue weighted by Gasteiger charge is 2.41. The third-order valence-electron chi connectivity index (χ3n) is 7.53. The van der Waals surface area contributed by atoms with E-state index in [2.05, 4.69) is 10.6 Å². The molecule has 11 heteroatoms. The number of nitrogens with zero attached hydrogens (tertiary/aromatic N) is 2. The molecule has 4 amide bonds. The van der Waals surface area contributed by atoms with Crippen LogP contribution in [-0.4, -0.2) is 76.2 Å². The van der Waals surface area contributed by atoms with Crippen LogP contribution >= 0.6 is 0 Å². The van der Waals surface area contributed by atoms with E-state index in [-0.39, 0.29) is 30.3 Å². The summed E-state index contributed by atoms with van der Waals surface area (Å²) in [7, 11) is 0. The number of rotatable bonds is 6. The lowest BCUT2D eigenvalue weighted by Crippen LogP contribution is -2.45. The molecule has 0 aliphatic carbocycles. The lowest BCUT2D eigenvalue weighted by molar-refractivity contribution is -0.121. The predicted molar refractivity (Wildman–Crippen MR) is 179 cm³/mol. The van der Waals surface area contributed by atoms with Crippen molar-refractivity contribution in [1.82, 2.24) is 9.80 Å². The van der Waals surface area contributed by atoms with Gasteiger partial charge in [-0.15, -0.1) is 0 Å². The molecule has 0 radical (unpaired) electrons. The van der Waals surface area contributed by atoms with Crippen molar-refractivity contribution < 1.29 is 28.7 Å². The first kappa shape index (κ1) is 34.5. The van der Waals surface area contributed by atoms with E-state index in [0.717, 1.165) is 11.1 Å². The quantitative estimate of drug-likeness (QED) is 0.346. The summed E-state index contributed by atoms with van der Waals surface area (Å²) < 4.78 is 11.0. The molecule has 2 aliphatic heterocycles. The van der Waals surface area contributed by atoms with E-state index in [1.807, 2.05) is 76.2 Å². The van der Waals surface area contributed by atoms with E-state index in [1.54, 1.807) is 32.9 Å². The molecular weight excluding hydrogens is 586 g/mol. The van der Waals surface area contributed by atoms with Crippen LogP contribution in [0.2, 0.25) is 0 Å². The molecule has 0 saturated carbocycles. The summed E-state index contributed by atoms with van der Waals surface area (Å²) in [5, 5.41) is 5.82. The van der Waals surface area contributed by atoms with E-state index in [9.17, 15) is 19.2 Å². The third kappa shape index (κ3) is 9.56. The standard InChI is InChI=1S/C35H47N5O6/c1-22-18-28(39(20-22)32(43)45-34(2,3)4)30(41)37-26-14-10-23(11-15-26)8-9-24-12-16-27(17-13-24)38-31(42)29-19-25(36)21-40(29)33(44)46-35(5,6)7/h8-17,22,25,28-29H,18-21,36H2,1-7H3,(H,37,41)(H,38,42)/b9-8+/t22-,25-,28-,29-/m0/s1. The number of amides is 4. The monoisotopic (exact) mass is 633 g/mol. The zero-order valence-electron chi connectivity index (χ0n) is 27.8. The van der Waals surface area contributed by atoms with Gasteiger partial charge in [-0.2, -0.15) is 0 Å². The molecule has 0 aromatic heterocycles. The Labute approximate surface area is 271 Å². The van der Waals surface area contributed by atoms with Crippen molar-refractivity contribution in [3.8, 4) is 0 Å². The van der Waals surface area contributed by atoms with Gasteiger partial charge in [0.05, 0.1) is 0 Å². The van der Waals surface area contributed by atoms with Gasteiger partial charge in [-0.3, -0.25) is 19.4 Å². The highest BCUT2D eigenvalue weighted by atomic mass is 16.6. The summed E-state index contributed by atoms with van der Waals surface area (Å²) in [6.07, 6.45) is 3.80. The molecule has 4 atom stereocenters. The van der Waals surface area contributed by atoms with E-state index in [0.29, 0.717) is 30.8 Å². The fourth-order valence-electron chi connectivity index (χ4n) is 5.45. The number of hydrogen-bond donors (Lipinski definition) is 3. The first-order chi connectivity index (χ1) is 21.5. The van der Waals surface area contributed by atoms with Crippen molar-refractivity contribution in [2.75, 3.05) is 23.7 Å². The average molecular weight is 634 g/mol. The summed E-state index contributed by atoms with van der Waals surface area (Å²) in [5.41, 5.74) is 7.85. The SMILES string of the molecule is C[C@H]1C[C@@H](C(=O)Nc2ccc(/C=C/c3ccc(NC(=O)[C@@H]4C[C@H](N)CN4C(=O)OC(C)(C)C)cc3)cc2)N(C(=O)OC(C)(C)C)C1. The van der Waals surface area contributed by atoms with Crippen molar-refractivity contribution in [3.63, 3.8) is 0 Å². The van der Waals surface area contributed by atoms with Gasteiger partial charge in [0.1, 0.15) is 23.3 Å². The Morgan fingerprint density at radius 1 is 0.696 bits per heavy atom. The molecule has 0 unspecified atom stereocenters. The minimum atomic E-state index is -0.706. The average Bonchev–Trinajstić information content (AvgIpc) is 3.55. The van der Waals surface area contributed by atoms with Crippen LogP contribution in [0.4, 0.5) is 21.0 Å². The largest absolute Gasteiger partial charge is 0.444 e. The number of nitrogens with two attached hydrogens (primary N) is 1. The molecule has 0 bridgehead atoms. The number of likely N-dealkylation sites (tertiary alicyclic amines) is 2. The van der Waals surface area contributed by atoms with Crippen LogP contribution in [0.25, 0.3) is 12.2 Å². The van der Waals surface area contributed by atoms with Gasteiger partial charge < -0.3 is 25.8 Å². The number of carbonyl (C=O) groups excluding carboxylic acids is 4. The smallest absolute Gasteiger partial charge is 0.411 e. The molecule has 0 spiro atoms. The van der Waals surface area contributed by atoms with Gasteiger partial charge in [-0.05, 0) is 95.7 Å². The van der Waals surface area contributed by atoms with Gasteiger partial charge in [0.2, 0.25) is 11.8 Å². The highest BCUT2D eigenvalue weighted by Crippen LogP contribution is 2.27. The molecular formula is C35H47N5O6. The van der Waals surface area contributed by atoms with Crippen molar-refractivity contribution >= 4 is 47.5 Å². The second kappa shape index (κ2) is 13.9. The van der Waals surface area contributed by atoms with Crippen LogP contribution < -0.4 is 16.4 Å². The van der Waals surface area contributed by atoms with E-state index in [4.69, 9.17) is 15.2 Å². The maximum absolute atomic E-state index is 13.1. The van der Waals surface area contributed by atoms with Gasteiger partial charge in [0, 0.05) is 30.5 Å². The van der Waals surface area contributed by atoms with E-state index in [1.165, 1.54) is 9.80 Å². The molecule has 2 saturated heterocycles. The first-order valence-electron chi connectivity index (χ1n) is 15.7. The second-order valence-electron chi connectivity index (χ2n) is 14.2. The Morgan fingerprint density at radius 2 is 1.09 bits per heavy atom. The summed E-state index contributed by atoms with van der Waals surface area (Å²) in [6.45, 7) is 13.5. The van der Waals surface area contributed by atoms with Crippen molar-refractivity contribution in [2.45, 2.75) is 90.6 Å². The lowest BCUT2D eigenvalue weighted by Gasteiger charge is -2.28. The maximum atomic E-state index is 13.1. The molecule has 2 heterocycles. The number of carbonyl (C=O) groups is 4. The fraction of sp³-hybridized carbons (Fsp3) is 0.486. The number of hydrogen-bond acceptors (Lipinski definition) is 7. The van der Waals surface area contributed by atoms with Crippen LogP contribution in [0.3, 0.4) is 0 Å². The van der Waals surface area contributed by atoms with Gasteiger partial charge in [0.15, 0.2) is 0 Å². The lowest BCUT2D eigenvalue weighted by atomic mass is 10.1. The van der Waals surface area contributed by atoms with Gasteiger partial charge in [-0.25, -0.2) is 9.59 Å². The summed E-state index contributed by atoms with van der Waals surface area (Å²) >= 11 is 0. The van der Waals surface area contributed by atoms with E-state index >= 15 is 0 Å². The zero-order valence-corrected chi connectivity index (χ0v) is 27.8. The fourth-order valence-corrected chi connectivity index (χ4v) is 5.45. The summed E-state index contributed by atoms with van der Waals surface area (Å²) in [5.74, 6) is -0.352. The Bertz CT molecular complexity index is 1330. The van der Waals surface area contributed by atoms with Crippen LogP contribution in [0.15, 0.2) is 48.5 Å². The maximum Gasteiger partial charge on any atom is 0.411 e. The predicted octanol–water partition coefficient (Wildman–Crippen LogP) is 5.72. The highest BCUT2D eigenvalue weighted by molar-refractivity contribution is 5.98. The van der Waals surface area contributed by atoms with Gasteiger partial charge in [0.25, 0.3) is 0 Å². The summed E-state index contributed by atoms with van der Waals surface area (Å²) in [4.78, 5) is 54.4. The van der Waals surface area contributed by atoms with Crippen LogP contribution in [0.1, 0.15) is 72.4 Å². The minimum Gasteiger partial charge on any atom is -0.444 e. The second-order valence-corrected chi connectivity index (χ2v) is 14.2. The zero-order chi connectivity index (χ0) is 33.8. The Morgan fingerprint density at radius 3 is 1.50 bits per heavy atom. The van der Waals surface area contributed by atoms with Crippen molar-refractivity contribution in [3.05, 3.63) is 59.7 Å². The molecule has 2 aromatic carbocycles. The van der Waals surface area contributed by atoms with Gasteiger partial charge in [-0.1, -0.05) is 43.3 Å². The van der Waals surface area contributed by atoms with Crippen LogP contribution in [0.5, 0.6) is 0 Å². The Balaban J connectivity index is 1.31. The normalized spacial score (nSPS) is 21.7. The first-order valence-corrected chi connectivity index (χ1v) is 15.7. The number of anilines is 2. The molecule has 11 nitrogen and oxygen atoms in total. The minimum absolute atomic E-state index is 0.196. The molecule has 248 valence electrons. The third-order valence-corrected chi connectivity index (χ3v) is 7.53. The van der Waals surface area contributed by atoms with Gasteiger partial charge >= 0.3 is 12.2 Å². The van der Waals surface area contributed by atoms with Crippen LogP contribution in [0, 0.1) is 5.92 Å². The molecule has 2 aliphatic rings. The topological polar surface area (TPSA) is 143 Å². The van der Waals surface area contributed by atoms with E-state index < -0.39 is 35.5 Å². The van der Waals surface area contributed by atoms with Crippen LogP contribution in [-0.2, 0) is 19.1 Å². The number of ether oxygens (including phenoxy) is 2. The Hall–Kier alpha value is -4.38. The van der Waals surface area contributed by atoms with Crippen molar-refractivity contribution in [2.24, 2.45) is 11.7 Å². The number of benzene rings is 2. The Kier molecular flexibility index (Phi) is 10.5. The number of nitrogens with one attached hydrogen (secondary N) is 2. The van der Waals surface area contributed by atoms with Crippen molar-refractivity contribution in [1.29, 1.82) is 0 Å².